The number of anilines is 2. The van der Waals surface area contributed by atoms with Crippen molar-refractivity contribution in [2.45, 2.75) is 5.75 Å². The average molecular weight is 202 g/mol. The first-order valence-corrected chi connectivity index (χ1v) is 5.09. The molecule has 0 aromatic heterocycles. The van der Waals surface area contributed by atoms with E-state index < -0.39 is 15.9 Å². The Morgan fingerprint density at radius 3 is 2.08 bits per heavy atom. The van der Waals surface area contributed by atoms with E-state index in [4.69, 9.17) is 16.0 Å². The average Bonchev–Trinajstić information content (AvgIpc) is 1.95. The molecule has 0 unspecified atom stereocenters. The minimum absolute atomic E-state index is 0.241. The van der Waals surface area contributed by atoms with Crippen LogP contribution in [0.1, 0.15) is 5.56 Å². The SMILES string of the molecule is Nc1cccc(N)c1CS(=O)(=O)O. The van der Waals surface area contributed by atoms with Crippen molar-refractivity contribution in [1.29, 1.82) is 0 Å². The Balaban J connectivity index is 3.15. The highest BCUT2D eigenvalue weighted by molar-refractivity contribution is 7.85. The van der Waals surface area contributed by atoms with Crippen LogP contribution in [-0.4, -0.2) is 13.0 Å². The first-order chi connectivity index (χ1) is 5.90. The minimum atomic E-state index is -4.08. The van der Waals surface area contributed by atoms with Gasteiger partial charge >= 0.3 is 0 Å². The van der Waals surface area contributed by atoms with E-state index in [1.807, 2.05) is 0 Å². The van der Waals surface area contributed by atoms with Crippen molar-refractivity contribution < 1.29 is 13.0 Å². The lowest BCUT2D eigenvalue weighted by atomic mass is 10.2. The second-order valence-corrected chi connectivity index (χ2v) is 4.09. The summed E-state index contributed by atoms with van der Waals surface area (Å²) in [6.07, 6.45) is 0. The molecule has 72 valence electrons. The largest absolute Gasteiger partial charge is 0.398 e. The van der Waals surface area contributed by atoms with Crippen molar-refractivity contribution in [3.05, 3.63) is 23.8 Å². The van der Waals surface area contributed by atoms with Gasteiger partial charge in [0.05, 0.1) is 0 Å². The zero-order valence-corrected chi connectivity index (χ0v) is 7.58. The van der Waals surface area contributed by atoms with Crippen LogP contribution in [0.4, 0.5) is 11.4 Å². The summed E-state index contributed by atoms with van der Waals surface area (Å²) in [6, 6.07) is 4.66. The summed E-state index contributed by atoms with van der Waals surface area (Å²) >= 11 is 0. The van der Waals surface area contributed by atoms with Gasteiger partial charge in [-0.25, -0.2) is 0 Å². The third-order valence-electron chi connectivity index (χ3n) is 1.58. The summed E-state index contributed by atoms with van der Waals surface area (Å²) in [7, 11) is -4.08. The molecule has 5 N–H and O–H groups in total. The van der Waals surface area contributed by atoms with E-state index in [-0.39, 0.29) is 16.9 Å². The van der Waals surface area contributed by atoms with Gasteiger partial charge in [0.25, 0.3) is 10.1 Å². The van der Waals surface area contributed by atoms with E-state index in [1.54, 1.807) is 6.07 Å². The lowest BCUT2D eigenvalue weighted by Gasteiger charge is -2.06. The van der Waals surface area contributed by atoms with Gasteiger partial charge in [-0.2, -0.15) is 8.42 Å². The maximum atomic E-state index is 10.5. The predicted molar refractivity (Wildman–Crippen MR) is 50.5 cm³/mol. The Morgan fingerprint density at radius 1 is 1.23 bits per heavy atom. The van der Waals surface area contributed by atoms with Gasteiger partial charge < -0.3 is 11.5 Å². The molecule has 0 bridgehead atoms. The highest BCUT2D eigenvalue weighted by atomic mass is 32.2. The molecule has 0 aliphatic rings. The van der Waals surface area contributed by atoms with Gasteiger partial charge in [0.1, 0.15) is 5.75 Å². The molecule has 5 nitrogen and oxygen atoms in total. The number of benzene rings is 1. The highest BCUT2D eigenvalue weighted by Gasteiger charge is 2.11. The van der Waals surface area contributed by atoms with Gasteiger partial charge in [-0.3, -0.25) is 4.55 Å². The highest BCUT2D eigenvalue weighted by Crippen LogP contribution is 2.20. The van der Waals surface area contributed by atoms with Crippen molar-refractivity contribution in [3.8, 4) is 0 Å². The summed E-state index contributed by atoms with van der Waals surface area (Å²) < 4.78 is 29.7. The molecule has 0 amide bonds. The van der Waals surface area contributed by atoms with Crippen LogP contribution < -0.4 is 11.5 Å². The number of rotatable bonds is 2. The number of nitrogens with two attached hydrogens (primary N) is 2. The predicted octanol–water partition coefficient (Wildman–Crippen LogP) is 0.239. The van der Waals surface area contributed by atoms with Gasteiger partial charge in [-0.1, -0.05) is 6.07 Å². The zero-order chi connectivity index (χ0) is 10.1. The number of hydrogen-bond acceptors (Lipinski definition) is 4. The molecule has 13 heavy (non-hydrogen) atoms. The van der Waals surface area contributed by atoms with E-state index in [1.165, 1.54) is 12.1 Å². The normalized spacial score (nSPS) is 11.5. The molecule has 0 fully saturated rings. The van der Waals surface area contributed by atoms with Gasteiger partial charge in [-0.05, 0) is 12.1 Å². The molecule has 6 heteroatoms. The summed E-state index contributed by atoms with van der Waals surface area (Å²) in [5, 5.41) is 0. The molecule has 0 aliphatic carbocycles. The first kappa shape index (κ1) is 9.82. The summed E-state index contributed by atoms with van der Waals surface area (Å²) in [6.45, 7) is 0. The lowest BCUT2D eigenvalue weighted by Crippen LogP contribution is -2.07. The Kier molecular flexibility index (Phi) is 2.44. The van der Waals surface area contributed by atoms with Crippen LogP contribution in [0.3, 0.4) is 0 Å². The van der Waals surface area contributed by atoms with Crippen LogP contribution in [0.15, 0.2) is 18.2 Å². The van der Waals surface area contributed by atoms with Crippen molar-refractivity contribution in [3.63, 3.8) is 0 Å². The molecule has 1 rings (SSSR count). The minimum Gasteiger partial charge on any atom is -0.398 e. The molecule has 0 heterocycles. The monoisotopic (exact) mass is 202 g/mol. The van der Waals surface area contributed by atoms with E-state index in [0.717, 1.165) is 0 Å². The third-order valence-corrected chi connectivity index (χ3v) is 2.23. The maximum absolute atomic E-state index is 10.5. The van der Waals surface area contributed by atoms with Crippen LogP contribution in [0.5, 0.6) is 0 Å². The maximum Gasteiger partial charge on any atom is 0.269 e. The Labute approximate surface area is 76.1 Å². The fourth-order valence-electron chi connectivity index (χ4n) is 0.972. The quantitative estimate of drug-likeness (QED) is 0.470. The summed E-state index contributed by atoms with van der Waals surface area (Å²) in [5.41, 5.74) is 11.7. The second-order valence-electron chi connectivity index (χ2n) is 2.64. The van der Waals surface area contributed by atoms with E-state index in [2.05, 4.69) is 0 Å². The van der Waals surface area contributed by atoms with Gasteiger partial charge in [0, 0.05) is 16.9 Å². The molecular weight excluding hydrogens is 192 g/mol. The van der Waals surface area contributed by atoms with Gasteiger partial charge in [0.2, 0.25) is 0 Å². The molecular formula is C7H10N2O3S. The molecule has 0 atom stereocenters. The molecule has 1 aromatic rings. The van der Waals surface area contributed by atoms with Crippen molar-refractivity contribution in [2.24, 2.45) is 0 Å². The summed E-state index contributed by atoms with van der Waals surface area (Å²) in [4.78, 5) is 0. The standard InChI is InChI=1S/C7H10N2O3S/c8-6-2-1-3-7(9)5(6)4-13(10,11)12/h1-3H,4,8-9H2,(H,10,11,12). The second kappa shape index (κ2) is 3.23. The smallest absolute Gasteiger partial charge is 0.269 e. The molecule has 0 spiro atoms. The van der Waals surface area contributed by atoms with Gasteiger partial charge in [-0.15, -0.1) is 0 Å². The van der Waals surface area contributed by atoms with Crippen molar-refractivity contribution >= 4 is 21.5 Å². The van der Waals surface area contributed by atoms with Crippen LogP contribution in [0.2, 0.25) is 0 Å². The lowest BCUT2D eigenvalue weighted by molar-refractivity contribution is 0.482. The van der Waals surface area contributed by atoms with Gasteiger partial charge in [0.15, 0.2) is 0 Å². The number of nitrogen functional groups attached to an aromatic ring is 2. The first-order valence-electron chi connectivity index (χ1n) is 3.48. The van der Waals surface area contributed by atoms with Crippen LogP contribution in [0, 0.1) is 0 Å². The van der Waals surface area contributed by atoms with E-state index in [9.17, 15) is 8.42 Å². The zero-order valence-electron chi connectivity index (χ0n) is 6.77. The third kappa shape index (κ3) is 2.60. The molecule has 0 saturated carbocycles. The van der Waals surface area contributed by atoms with E-state index in [0.29, 0.717) is 0 Å². The van der Waals surface area contributed by atoms with Crippen LogP contribution in [-0.2, 0) is 15.9 Å². The van der Waals surface area contributed by atoms with Crippen molar-refractivity contribution in [2.75, 3.05) is 11.5 Å². The molecule has 0 radical (unpaired) electrons. The molecule has 1 aromatic carbocycles. The van der Waals surface area contributed by atoms with Crippen LogP contribution >= 0.6 is 0 Å². The Bertz CT molecular complexity index is 393. The Hall–Kier alpha value is -1.27. The summed E-state index contributed by atoms with van der Waals surface area (Å²) in [5.74, 6) is -0.550. The topological polar surface area (TPSA) is 106 Å². The molecule has 0 saturated heterocycles. The Morgan fingerprint density at radius 2 is 1.69 bits per heavy atom. The fraction of sp³-hybridized carbons (Fsp3) is 0.143. The fourth-order valence-corrected chi connectivity index (χ4v) is 1.67. The van der Waals surface area contributed by atoms with Crippen LogP contribution in [0.25, 0.3) is 0 Å². The van der Waals surface area contributed by atoms with Crippen molar-refractivity contribution in [1.82, 2.24) is 0 Å². The van der Waals surface area contributed by atoms with E-state index >= 15 is 0 Å². The molecule has 0 aliphatic heterocycles. The number of hydrogen-bond donors (Lipinski definition) is 3.